The Morgan fingerprint density at radius 3 is 2.70 bits per heavy atom. The van der Waals surface area contributed by atoms with E-state index in [2.05, 4.69) is 4.74 Å². The Hall–Kier alpha value is -0.570. The third kappa shape index (κ3) is 1.48. The van der Waals surface area contributed by atoms with Crippen molar-refractivity contribution in [3.63, 3.8) is 0 Å². The van der Waals surface area contributed by atoms with Gasteiger partial charge in [0.25, 0.3) is 0 Å². The maximum absolute atomic E-state index is 10.8. The van der Waals surface area contributed by atoms with Crippen molar-refractivity contribution in [2.75, 3.05) is 7.11 Å². The first-order valence-corrected chi connectivity index (χ1v) is 3.47. The minimum atomic E-state index is -0.306. The number of carbonyl (C=O) groups is 1. The molecule has 10 heavy (non-hydrogen) atoms. The molecule has 58 valence electrons. The third-order valence-electron chi connectivity index (χ3n) is 1.70. The van der Waals surface area contributed by atoms with E-state index in [4.69, 9.17) is 4.74 Å². The lowest BCUT2D eigenvalue weighted by atomic mass is 10.2. The molecule has 1 saturated heterocycles. The van der Waals surface area contributed by atoms with Gasteiger partial charge in [0.2, 0.25) is 0 Å². The number of esters is 1. The summed E-state index contributed by atoms with van der Waals surface area (Å²) >= 11 is 0. The van der Waals surface area contributed by atoms with E-state index in [1.165, 1.54) is 7.11 Å². The second-order valence-corrected chi connectivity index (χ2v) is 2.54. The summed E-state index contributed by atoms with van der Waals surface area (Å²) < 4.78 is 9.76. The number of rotatable bonds is 1. The molecule has 0 saturated carbocycles. The number of methoxy groups -OCH3 is 1. The van der Waals surface area contributed by atoms with E-state index in [1.807, 2.05) is 6.92 Å². The van der Waals surface area contributed by atoms with Gasteiger partial charge in [-0.3, -0.25) is 0 Å². The minimum Gasteiger partial charge on any atom is -0.467 e. The van der Waals surface area contributed by atoms with Gasteiger partial charge in [-0.15, -0.1) is 0 Å². The zero-order valence-electron chi connectivity index (χ0n) is 6.29. The summed E-state index contributed by atoms with van der Waals surface area (Å²) in [5, 5.41) is 0. The predicted molar refractivity (Wildman–Crippen MR) is 35.6 cm³/mol. The van der Waals surface area contributed by atoms with Crippen LogP contribution in [-0.4, -0.2) is 25.3 Å². The van der Waals surface area contributed by atoms with E-state index in [1.54, 1.807) is 0 Å². The number of ether oxygens (including phenoxy) is 2. The van der Waals surface area contributed by atoms with E-state index >= 15 is 0 Å². The molecule has 1 fully saturated rings. The van der Waals surface area contributed by atoms with Crippen molar-refractivity contribution in [2.45, 2.75) is 32.0 Å². The van der Waals surface area contributed by atoms with Crippen molar-refractivity contribution in [1.29, 1.82) is 0 Å². The summed E-state index contributed by atoms with van der Waals surface area (Å²) in [6.07, 6.45) is 1.66. The van der Waals surface area contributed by atoms with Gasteiger partial charge in [-0.05, 0) is 19.8 Å². The molecular weight excluding hydrogens is 132 g/mol. The van der Waals surface area contributed by atoms with Crippen molar-refractivity contribution in [3.8, 4) is 0 Å². The number of carbonyl (C=O) groups excluding carboxylic acids is 1. The molecule has 0 aliphatic carbocycles. The first-order chi connectivity index (χ1) is 4.74. The maximum Gasteiger partial charge on any atom is 0.334 e. The molecule has 0 radical (unpaired) electrons. The molecule has 0 aromatic rings. The van der Waals surface area contributed by atoms with Crippen LogP contribution in [0.3, 0.4) is 0 Å². The first kappa shape index (κ1) is 7.54. The van der Waals surface area contributed by atoms with E-state index in [0.29, 0.717) is 0 Å². The zero-order valence-corrected chi connectivity index (χ0v) is 6.29. The van der Waals surface area contributed by atoms with Crippen LogP contribution in [0.25, 0.3) is 0 Å². The Labute approximate surface area is 60.3 Å². The largest absolute Gasteiger partial charge is 0.467 e. The van der Waals surface area contributed by atoms with Crippen molar-refractivity contribution < 1.29 is 14.3 Å². The molecule has 1 aliphatic rings. The fraction of sp³-hybridized carbons (Fsp3) is 0.857. The van der Waals surface area contributed by atoms with Crippen molar-refractivity contribution in [2.24, 2.45) is 0 Å². The van der Waals surface area contributed by atoms with E-state index in [0.717, 1.165) is 12.8 Å². The molecule has 0 N–H and O–H groups in total. The lowest BCUT2D eigenvalue weighted by Crippen LogP contribution is -2.21. The van der Waals surface area contributed by atoms with Gasteiger partial charge in [0.05, 0.1) is 13.2 Å². The molecule has 0 amide bonds. The Balaban J connectivity index is 2.37. The van der Waals surface area contributed by atoms with Crippen LogP contribution in [0.2, 0.25) is 0 Å². The second kappa shape index (κ2) is 3.01. The van der Waals surface area contributed by atoms with Gasteiger partial charge in [0.1, 0.15) is 0 Å². The van der Waals surface area contributed by atoms with Crippen LogP contribution < -0.4 is 0 Å². The molecule has 1 unspecified atom stereocenters. The monoisotopic (exact) mass is 144 g/mol. The normalized spacial score (nSPS) is 32.2. The quantitative estimate of drug-likeness (QED) is 0.509. The van der Waals surface area contributed by atoms with Crippen molar-refractivity contribution in [1.82, 2.24) is 0 Å². The van der Waals surface area contributed by atoms with Gasteiger partial charge in [-0.1, -0.05) is 0 Å². The Morgan fingerprint density at radius 2 is 2.30 bits per heavy atom. The Morgan fingerprint density at radius 1 is 1.60 bits per heavy atom. The van der Waals surface area contributed by atoms with Gasteiger partial charge in [0.15, 0.2) is 6.10 Å². The number of hydrogen-bond acceptors (Lipinski definition) is 3. The minimum absolute atomic E-state index is 0.212. The summed E-state index contributed by atoms with van der Waals surface area (Å²) in [6.45, 7) is 1.96. The van der Waals surface area contributed by atoms with Crippen LogP contribution in [0.15, 0.2) is 0 Å². The average molecular weight is 144 g/mol. The second-order valence-electron chi connectivity index (χ2n) is 2.54. The molecule has 3 heteroatoms. The molecule has 0 aromatic heterocycles. The molecule has 1 rings (SSSR count). The van der Waals surface area contributed by atoms with Crippen molar-refractivity contribution in [3.05, 3.63) is 0 Å². The molecule has 1 heterocycles. The summed E-state index contributed by atoms with van der Waals surface area (Å²) in [6, 6.07) is 0. The summed E-state index contributed by atoms with van der Waals surface area (Å²) in [5.41, 5.74) is 0. The fourth-order valence-corrected chi connectivity index (χ4v) is 1.11. The zero-order chi connectivity index (χ0) is 7.56. The summed E-state index contributed by atoms with van der Waals surface area (Å²) in [7, 11) is 1.38. The lowest BCUT2D eigenvalue weighted by molar-refractivity contribution is -0.152. The summed E-state index contributed by atoms with van der Waals surface area (Å²) in [5.74, 6) is -0.246. The van der Waals surface area contributed by atoms with Gasteiger partial charge in [-0.25, -0.2) is 4.79 Å². The average Bonchev–Trinajstić information content (AvgIpc) is 2.34. The maximum atomic E-state index is 10.8. The molecule has 0 aromatic carbocycles. The van der Waals surface area contributed by atoms with Crippen LogP contribution in [0.1, 0.15) is 19.8 Å². The van der Waals surface area contributed by atoms with Gasteiger partial charge < -0.3 is 9.47 Å². The van der Waals surface area contributed by atoms with Crippen LogP contribution in [0.4, 0.5) is 0 Å². The molecule has 3 nitrogen and oxygen atoms in total. The molecule has 1 aliphatic heterocycles. The SMILES string of the molecule is COC(=O)[C@H]1CCC(C)O1. The highest BCUT2D eigenvalue weighted by Gasteiger charge is 2.28. The highest BCUT2D eigenvalue weighted by molar-refractivity contribution is 5.74. The highest BCUT2D eigenvalue weighted by atomic mass is 16.6. The topological polar surface area (TPSA) is 35.5 Å². The molecular formula is C7H12O3. The predicted octanol–water partition coefficient (Wildman–Crippen LogP) is 0.727. The van der Waals surface area contributed by atoms with Crippen molar-refractivity contribution >= 4 is 5.97 Å². The van der Waals surface area contributed by atoms with Crippen LogP contribution >= 0.6 is 0 Å². The van der Waals surface area contributed by atoms with Gasteiger partial charge in [-0.2, -0.15) is 0 Å². The highest BCUT2D eigenvalue weighted by Crippen LogP contribution is 2.19. The Kier molecular flexibility index (Phi) is 2.27. The lowest BCUT2D eigenvalue weighted by Gasteiger charge is -2.06. The van der Waals surface area contributed by atoms with Gasteiger partial charge in [0, 0.05) is 0 Å². The van der Waals surface area contributed by atoms with E-state index < -0.39 is 0 Å². The van der Waals surface area contributed by atoms with Crippen LogP contribution in [-0.2, 0) is 14.3 Å². The molecule has 0 bridgehead atoms. The smallest absolute Gasteiger partial charge is 0.334 e. The Bertz CT molecular complexity index is 133. The fourth-order valence-electron chi connectivity index (χ4n) is 1.11. The van der Waals surface area contributed by atoms with Crippen LogP contribution in [0, 0.1) is 0 Å². The molecule has 0 spiro atoms. The van der Waals surface area contributed by atoms with E-state index in [-0.39, 0.29) is 18.2 Å². The standard InChI is InChI=1S/C7H12O3/c1-5-3-4-6(10-5)7(8)9-2/h5-6H,3-4H2,1-2H3/t5?,6-/m1/s1. The third-order valence-corrected chi connectivity index (χ3v) is 1.70. The number of hydrogen-bond donors (Lipinski definition) is 0. The molecule has 2 atom stereocenters. The van der Waals surface area contributed by atoms with Crippen LogP contribution in [0.5, 0.6) is 0 Å². The first-order valence-electron chi connectivity index (χ1n) is 3.47. The summed E-state index contributed by atoms with van der Waals surface area (Å²) in [4.78, 5) is 10.8. The van der Waals surface area contributed by atoms with Gasteiger partial charge >= 0.3 is 5.97 Å². The van der Waals surface area contributed by atoms with E-state index in [9.17, 15) is 4.79 Å².